The first kappa shape index (κ1) is 11.8. The number of nitrogens with zero attached hydrogens (tertiary/aromatic N) is 1. The van der Waals surface area contributed by atoms with Gasteiger partial charge in [-0.05, 0) is 18.7 Å². The minimum Gasteiger partial charge on any atom is -0.486 e. The number of hydrogen-bond donors (Lipinski definition) is 1. The van der Waals surface area contributed by atoms with E-state index >= 15 is 0 Å². The summed E-state index contributed by atoms with van der Waals surface area (Å²) in [5, 5.41) is 3.32. The Kier molecular flexibility index (Phi) is 3.39. The fourth-order valence-corrected chi connectivity index (χ4v) is 2.48. The molecule has 2 aliphatic heterocycles. The van der Waals surface area contributed by atoms with Gasteiger partial charge in [-0.25, -0.2) is 0 Å². The molecule has 1 fully saturated rings. The van der Waals surface area contributed by atoms with Crippen molar-refractivity contribution in [2.45, 2.75) is 19.1 Å². The lowest BCUT2D eigenvalue weighted by Crippen LogP contribution is -2.59. The van der Waals surface area contributed by atoms with E-state index in [0.29, 0.717) is 12.6 Å². The molecule has 1 atom stereocenters. The Balaban J connectivity index is 1.61. The fraction of sp³-hybridized carbons (Fsp3) is 0.571. The summed E-state index contributed by atoms with van der Waals surface area (Å²) in [7, 11) is 0. The molecule has 0 aromatic heterocycles. The molecule has 2 aliphatic rings. The highest BCUT2D eigenvalue weighted by Crippen LogP contribution is 2.31. The van der Waals surface area contributed by atoms with Gasteiger partial charge in [0.05, 0.1) is 0 Å². The molecular weight excluding hydrogens is 228 g/mol. The maximum atomic E-state index is 6.00. The minimum atomic E-state index is 0.139. The van der Waals surface area contributed by atoms with Crippen LogP contribution in [-0.4, -0.2) is 49.8 Å². The molecule has 0 amide bonds. The number of fused-ring (bicyclic) bond motifs is 1. The second-order valence-electron chi connectivity index (χ2n) is 4.90. The molecule has 3 rings (SSSR count). The van der Waals surface area contributed by atoms with Crippen molar-refractivity contribution in [3.8, 4) is 11.5 Å². The summed E-state index contributed by atoms with van der Waals surface area (Å²) in [5.74, 6) is 1.73. The Bertz CT molecular complexity index is 407. The zero-order valence-corrected chi connectivity index (χ0v) is 10.8. The Morgan fingerprint density at radius 2 is 2.06 bits per heavy atom. The maximum Gasteiger partial charge on any atom is 0.161 e. The van der Waals surface area contributed by atoms with Crippen molar-refractivity contribution in [1.82, 2.24) is 10.2 Å². The van der Waals surface area contributed by atoms with E-state index in [4.69, 9.17) is 9.47 Å². The quantitative estimate of drug-likeness (QED) is 0.866. The van der Waals surface area contributed by atoms with Crippen LogP contribution in [0, 0.1) is 0 Å². The van der Waals surface area contributed by atoms with E-state index in [1.54, 1.807) is 0 Å². The molecule has 0 saturated carbocycles. The molecule has 0 spiro atoms. The Labute approximate surface area is 108 Å². The molecule has 1 aromatic rings. The average molecular weight is 248 g/mol. The first-order valence-electron chi connectivity index (χ1n) is 6.70. The van der Waals surface area contributed by atoms with Crippen LogP contribution in [0.1, 0.15) is 6.92 Å². The third-order valence-corrected chi connectivity index (χ3v) is 3.69. The molecule has 0 aliphatic carbocycles. The van der Waals surface area contributed by atoms with Gasteiger partial charge in [0.1, 0.15) is 12.7 Å². The lowest BCUT2D eigenvalue weighted by atomic mass is 10.1. The minimum absolute atomic E-state index is 0.139. The number of nitrogens with one attached hydrogen (secondary N) is 1. The molecule has 18 heavy (non-hydrogen) atoms. The van der Waals surface area contributed by atoms with E-state index in [1.807, 2.05) is 24.3 Å². The molecule has 98 valence electrons. The van der Waals surface area contributed by atoms with E-state index in [9.17, 15) is 0 Å². The van der Waals surface area contributed by atoms with Gasteiger partial charge in [0.25, 0.3) is 0 Å². The van der Waals surface area contributed by atoms with Crippen molar-refractivity contribution in [3.05, 3.63) is 24.3 Å². The predicted molar refractivity (Wildman–Crippen MR) is 70.3 cm³/mol. The van der Waals surface area contributed by atoms with Gasteiger partial charge in [-0.1, -0.05) is 19.1 Å². The molecule has 1 saturated heterocycles. The van der Waals surface area contributed by atoms with Crippen LogP contribution in [0.2, 0.25) is 0 Å². The zero-order chi connectivity index (χ0) is 12.4. The van der Waals surface area contributed by atoms with Crippen LogP contribution in [-0.2, 0) is 0 Å². The molecule has 2 heterocycles. The highest BCUT2D eigenvalue weighted by Gasteiger charge is 2.28. The van der Waals surface area contributed by atoms with Crippen molar-refractivity contribution >= 4 is 0 Å². The van der Waals surface area contributed by atoms with E-state index in [1.165, 1.54) is 0 Å². The molecular formula is C14H20N2O2. The van der Waals surface area contributed by atoms with Gasteiger partial charge >= 0.3 is 0 Å². The Hall–Kier alpha value is -1.26. The maximum absolute atomic E-state index is 6.00. The topological polar surface area (TPSA) is 33.7 Å². The largest absolute Gasteiger partial charge is 0.486 e. The lowest BCUT2D eigenvalue weighted by Gasteiger charge is -2.40. The van der Waals surface area contributed by atoms with Crippen LogP contribution in [0.4, 0.5) is 0 Å². The standard InChI is InChI=1S/C14H20N2O2/c1-2-16(11-7-15-8-11)9-12-10-17-13-5-3-4-6-14(13)18-12/h3-6,11-12,15H,2,7-10H2,1H3. The molecule has 4 heteroatoms. The van der Waals surface area contributed by atoms with Gasteiger partial charge < -0.3 is 14.8 Å². The van der Waals surface area contributed by atoms with Crippen molar-refractivity contribution < 1.29 is 9.47 Å². The molecule has 1 N–H and O–H groups in total. The second-order valence-corrected chi connectivity index (χ2v) is 4.90. The number of benzene rings is 1. The lowest BCUT2D eigenvalue weighted by molar-refractivity contribution is 0.0374. The Morgan fingerprint density at radius 3 is 2.72 bits per heavy atom. The average Bonchev–Trinajstić information content (AvgIpc) is 2.35. The molecule has 1 unspecified atom stereocenters. The molecule has 4 nitrogen and oxygen atoms in total. The van der Waals surface area contributed by atoms with E-state index in [2.05, 4.69) is 17.1 Å². The predicted octanol–water partition coefficient (Wildman–Crippen LogP) is 1.12. The van der Waals surface area contributed by atoms with Gasteiger partial charge in [0.2, 0.25) is 0 Å². The van der Waals surface area contributed by atoms with Crippen LogP contribution >= 0.6 is 0 Å². The van der Waals surface area contributed by atoms with Crippen LogP contribution in [0.5, 0.6) is 11.5 Å². The molecule has 1 aromatic carbocycles. The number of rotatable bonds is 4. The summed E-state index contributed by atoms with van der Waals surface area (Å²) in [6, 6.07) is 8.55. The van der Waals surface area contributed by atoms with Gasteiger partial charge in [-0.2, -0.15) is 0 Å². The summed E-state index contributed by atoms with van der Waals surface area (Å²) < 4.78 is 11.7. The van der Waals surface area contributed by atoms with Gasteiger partial charge in [-0.3, -0.25) is 4.90 Å². The van der Waals surface area contributed by atoms with Crippen LogP contribution in [0.3, 0.4) is 0 Å². The number of para-hydroxylation sites is 2. The van der Waals surface area contributed by atoms with Crippen LogP contribution in [0.15, 0.2) is 24.3 Å². The Morgan fingerprint density at radius 1 is 1.28 bits per heavy atom. The zero-order valence-electron chi connectivity index (χ0n) is 10.8. The van der Waals surface area contributed by atoms with Gasteiger partial charge in [-0.15, -0.1) is 0 Å². The highest BCUT2D eigenvalue weighted by molar-refractivity contribution is 5.40. The van der Waals surface area contributed by atoms with Gasteiger partial charge in [0.15, 0.2) is 11.5 Å². The van der Waals surface area contributed by atoms with E-state index < -0.39 is 0 Å². The normalized spacial score (nSPS) is 22.9. The SMILES string of the molecule is CCN(CC1COc2ccccc2O1)C1CNC1. The monoisotopic (exact) mass is 248 g/mol. The van der Waals surface area contributed by atoms with Gasteiger partial charge in [0, 0.05) is 25.7 Å². The smallest absolute Gasteiger partial charge is 0.161 e. The number of hydrogen-bond acceptors (Lipinski definition) is 4. The van der Waals surface area contributed by atoms with E-state index in [0.717, 1.165) is 37.7 Å². The first-order valence-corrected chi connectivity index (χ1v) is 6.70. The van der Waals surface area contributed by atoms with Crippen molar-refractivity contribution in [3.63, 3.8) is 0 Å². The first-order chi connectivity index (χ1) is 8.86. The van der Waals surface area contributed by atoms with Crippen molar-refractivity contribution in [2.24, 2.45) is 0 Å². The fourth-order valence-electron chi connectivity index (χ4n) is 2.48. The number of ether oxygens (including phenoxy) is 2. The van der Waals surface area contributed by atoms with Crippen LogP contribution < -0.4 is 14.8 Å². The summed E-state index contributed by atoms with van der Waals surface area (Å²) in [5.41, 5.74) is 0. The second kappa shape index (κ2) is 5.16. The molecule has 0 bridgehead atoms. The summed E-state index contributed by atoms with van der Waals surface area (Å²) in [6.45, 7) is 7.05. The highest BCUT2D eigenvalue weighted by atomic mass is 16.6. The van der Waals surface area contributed by atoms with Crippen LogP contribution in [0.25, 0.3) is 0 Å². The third kappa shape index (κ3) is 2.31. The van der Waals surface area contributed by atoms with Crippen molar-refractivity contribution in [2.75, 3.05) is 32.8 Å². The number of likely N-dealkylation sites (N-methyl/N-ethyl adjacent to an activating group) is 1. The van der Waals surface area contributed by atoms with E-state index in [-0.39, 0.29) is 6.10 Å². The molecule has 0 radical (unpaired) electrons. The summed E-state index contributed by atoms with van der Waals surface area (Å²) in [6.07, 6.45) is 0.139. The summed E-state index contributed by atoms with van der Waals surface area (Å²) >= 11 is 0. The summed E-state index contributed by atoms with van der Waals surface area (Å²) in [4.78, 5) is 2.47. The third-order valence-electron chi connectivity index (χ3n) is 3.69. The van der Waals surface area contributed by atoms with Crippen molar-refractivity contribution in [1.29, 1.82) is 0 Å².